The van der Waals surface area contributed by atoms with E-state index in [0.29, 0.717) is 22.3 Å². The standard InChI is InChI=1S/C20H17N3O3/c1-13(20(26)23-12-21-17-5-3-4-6-18(17)23)11-19(25)22-16-9-7-15(8-10-16)14(2)24/h3-12H,1-2H3,(H,22,25)/b13-11-. The van der Waals surface area contributed by atoms with Crippen molar-refractivity contribution in [3.8, 4) is 0 Å². The van der Waals surface area contributed by atoms with Gasteiger partial charge < -0.3 is 5.32 Å². The highest BCUT2D eigenvalue weighted by atomic mass is 16.2. The van der Waals surface area contributed by atoms with E-state index in [0.717, 1.165) is 0 Å². The van der Waals surface area contributed by atoms with Gasteiger partial charge in [0.2, 0.25) is 5.91 Å². The maximum absolute atomic E-state index is 12.6. The van der Waals surface area contributed by atoms with Gasteiger partial charge in [-0.15, -0.1) is 0 Å². The molecule has 0 radical (unpaired) electrons. The topological polar surface area (TPSA) is 81.1 Å². The van der Waals surface area contributed by atoms with E-state index < -0.39 is 5.91 Å². The number of aromatic nitrogens is 2. The fourth-order valence-electron chi connectivity index (χ4n) is 2.54. The molecule has 3 rings (SSSR count). The summed E-state index contributed by atoms with van der Waals surface area (Å²) >= 11 is 0. The number of allylic oxidation sites excluding steroid dienone is 1. The summed E-state index contributed by atoms with van der Waals surface area (Å²) in [5.41, 5.74) is 2.79. The Morgan fingerprint density at radius 1 is 1.00 bits per heavy atom. The molecule has 1 amide bonds. The lowest BCUT2D eigenvalue weighted by Crippen LogP contribution is -2.15. The quantitative estimate of drug-likeness (QED) is 0.579. The molecule has 0 aliphatic rings. The Labute approximate surface area is 150 Å². The molecule has 0 fully saturated rings. The molecule has 1 N–H and O–H groups in total. The molecule has 0 atom stereocenters. The molecular formula is C20H17N3O3. The van der Waals surface area contributed by atoms with Crippen LogP contribution in [0.15, 0.2) is 66.5 Å². The highest BCUT2D eigenvalue weighted by molar-refractivity contribution is 6.08. The van der Waals surface area contributed by atoms with Gasteiger partial charge in [-0.2, -0.15) is 0 Å². The second-order valence-corrected chi connectivity index (χ2v) is 5.86. The molecule has 26 heavy (non-hydrogen) atoms. The molecule has 0 saturated carbocycles. The molecule has 0 spiro atoms. The second kappa shape index (κ2) is 7.14. The molecule has 6 nitrogen and oxygen atoms in total. The van der Waals surface area contributed by atoms with Crippen molar-refractivity contribution in [1.82, 2.24) is 9.55 Å². The Morgan fingerprint density at radius 2 is 1.69 bits per heavy atom. The van der Waals surface area contributed by atoms with Gasteiger partial charge in [-0.1, -0.05) is 12.1 Å². The van der Waals surface area contributed by atoms with Crippen LogP contribution in [0.4, 0.5) is 5.69 Å². The fraction of sp³-hybridized carbons (Fsp3) is 0.100. The number of Topliss-reactive ketones (excluding diaryl/α,β-unsaturated/α-hetero) is 1. The lowest BCUT2D eigenvalue weighted by atomic mass is 10.1. The number of para-hydroxylation sites is 2. The number of imidazole rings is 1. The number of rotatable bonds is 4. The molecule has 0 saturated heterocycles. The third-order valence-corrected chi connectivity index (χ3v) is 3.92. The highest BCUT2D eigenvalue weighted by Gasteiger charge is 2.13. The van der Waals surface area contributed by atoms with Gasteiger partial charge in [0.1, 0.15) is 6.33 Å². The predicted octanol–water partition coefficient (Wildman–Crippen LogP) is 3.46. The van der Waals surface area contributed by atoms with Crippen molar-refractivity contribution in [3.05, 3.63) is 72.1 Å². The zero-order chi connectivity index (χ0) is 18.7. The zero-order valence-electron chi connectivity index (χ0n) is 14.4. The number of benzene rings is 2. The van der Waals surface area contributed by atoms with Crippen molar-refractivity contribution in [2.45, 2.75) is 13.8 Å². The van der Waals surface area contributed by atoms with Gasteiger partial charge in [0, 0.05) is 22.9 Å². The second-order valence-electron chi connectivity index (χ2n) is 5.86. The molecule has 0 unspecified atom stereocenters. The monoisotopic (exact) mass is 347 g/mol. The van der Waals surface area contributed by atoms with E-state index in [4.69, 9.17) is 0 Å². The number of ketones is 1. The van der Waals surface area contributed by atoms with E-state index in [1.54, 1.807) is 37.3 Å². The van der Waals surface area contributed by atoms with Gasteiger partial charge in [0.25, 0.3) is 5.91 Å². The lowest BCUT2D eigenvalue weighted by Gasteiger charge is -2.05. The minimum Gasteiger partial charge on any atom is -0.323 e. The number of hydrogen-bond donors (Lipinski definition) is 1. The minimum atomic E-state index is -0.421. The van der Waals surface area contributed by atoms with Crippen LogP contribution < -0.4 is 5.32 Å². The SMILES string of the molecule is CC(=O)c1ccc(NC(=O)/C=C(/C)C(=O)n2cnc3ccccc32)cc1. The first-order chi connectivity index (χ1) is 12.5. The van der Waals surface area contributed by atoms with Crippen molar-refractivity contribution in [3.63, 3.8) is 0 Å². The largest absolute Gasteiger partial charge is 0.323 e. The van der Waals surface area contributed by atoms with E-state index in [-0.39, 0.29) is 17.3 Å². The third kappa shape index (κ3) is 3.59. The van der Waals surface area contributed by atoms with E-state index in [2.05, 4.69) is 10.3 Å². The van der Waals surface area contributed by atoms with Crippen LogP contribution in [0.25, 0.3) is 11.0 Å². The molecule has 0 aliphatic heterocycles. The van der Waals surface area contributed by atoms with Crippen LogP contribution in [0.3, 0.4) is 0 Å². The molecule has 0 bridgehead atoms. The number of amides is 1. The lowest BCUT2D eigenvalue weighted by molar-refractivity contribution is -0.112. The van der Waals surface area contributed by atoms with Gasteiger partial charge in [-0.05, 0) is 50.2 Å². The average Bonchev–Trinajstić information content (AvgIpc) is 3.05. The van der Waals surface area contributed by atoms with Crippen molar-refractivity contribution in [2.75, 3.05) is 5.32 Å². The van der Waals surface area contributed by atoms with Gasteiger partial charge in [-0.3, -0.25) is 19.0 Å². The Balaban J connectivity index is 1.75. The summed E-state index contributed by atoms with van der Waals surface area (Å²) in [5, 5.41) is 2.67. The molecule has 2 aromatic carbocycles. The summed E-state index contributed by atoms with van der Waals surface area (Å²) in [7, 11) is 0. The summed E-state index contributed by atoms with van der Waals surface area (Å²) in [4.78, 5) is 40.2. The van der Waals surface area contributed by atoms with Crippen LogP contribution in [0.5, 0.6) is 0 Å². The Morgan fingerprint density at radius 3 is 2.38 bits per heavy atom. The number of carbonyl (C=O) groups excluding carboxylic acids is 3. The normalized spacial score (nSPS) is 11.4. The summed E-state index contributed by atoms with van der Waals surface area (Å²) in [6, 6.07) is 13.8. The molecule has 6 heteroatoms. The van der Waals surface area contributed by atoms with Gasteiger partial charge in [-0.25, -0.2) is 4.98 Å². The van der Waals surface area contributed by atoms with Crippen LogP contribution in [-0.4, -0.2) is 27.1 Å². The average molecular weight is 347 g/mol. The molecule has 3 aromatic rings. The molecule has 130 valence electrons. The smallest absolute Gasteiger partial charge is 0.259 e. The fourth-order valence-corrected chi connectivity index (χ4v) is 2.54. The van der Waals surface area contributed by atoms with Crippen molar-refractivity contribution in [1.29, 1.82) is 0 Å². The number of carbonyl (C=O) groups is 3. The van der Waals surface area contributed by atoms with Crippen LogP contribution in [0.1, 0.15) is 29.0 Å². The highest BCUT2D eigenvalue weighted by Crippen LogP contribution is 2.14. The van der Waals surface area contributed by atoms with Crippen LogP contribution in [0, 0.1) is 0 Å². The van der Waals surface area contributed by atoms with E-state index in [1.165, 1.54) is 23.9 Å². The maximum Gasteiger partial charge on any atom is 0.259 e. The predicted molar refractivity (Wildman–Crippen MR) is 99.2 cm³/mol. The van der Waals surface area contributed by atoms with Crippen LogP contribution in [-0.2, 0) is 4.79 Å². The number of nitrogens with zero attached hydrogens (tertiary/aromatic N) is 2. The third-order valence-electron chi connectivity index (χ3n) is 3.92. The molecule has 1 heterocycles. The zero-order valence-corrected chi connectivity index (χ0v) is 14.4. The van der Waals surface area contributed by atoms with Gasteiger partial charge in [0.05, 0.1) is 11.0 Å². The van der Waals surface area contributed by atoms with E-state index in [1.807, 2.05) is 18.2 Å². The first kappa shape index (κ1) is 17.3. The molecule has 1 aromatic heterocycles. The van der Waals surface area contributed by atoms with E-state index >= 15 is 0 Å². The minimum absolute atomic E-state index is 0.0447. The number of nitrogens with one attached hydrogen (secondary N) is 1. The molecular weight excluding hydrogens is 330 g/mol. The first-order valence-electron chi connectivity index (χ1n) is 8.03. The van der Waals surface area contributed by atoms with Crippen LogP contribution in [0.2, 0.25) is 0 Å². The van der Waals surface area contributed by atoms with Crippen molar-refractivity contribution < 1.29 is 14.4 Å². The Kier molecular flexibility index (Phi) is 4.75. The first-order valence-corrected chi connectivity index (χ1v) is 8.03. The summed E-state index contributed by atoms with van der Waals surface area (Å²) < 4.78 is 1.41. The number of anilines is 1. The Bertz CT molecular complexity index is 1030. The van der Waals surface area contributed by atoms with Crippen molar-refractivity contribution in [2.24, 2.45) is 0 Å². The summed E-state index contributed by atoms with van der Waals surface area (Å²) in [6.07, 6.45) is 2.69. The van der Waals surface area contributed by atoms with Crippen LogP contribution >= 0.6 is 0 Å². The van der Waals surface area contributed by atoms with E-state index in [9.17, 15) is 14.4 Å². The Hall–Kier alpha value is -3.54. The molecule has 0 aliphatic carbocycles. The maximum atomic E-state index is 12.6. The summed E-state index contributed by atoms with van der Waals surface area (Å²) in [5.74, 6) is -0.784. The number of fused-ring (bicyclic) bond motifs is 1. The summed E-state index contributed by atoms with van der Waals surface area (Å²) in [6.45, 7) is 3.06. The van der Waals surface area contributed by atoms with Gasteiger partial charge >= 0.3 is 0 Å². The van der Waals surface area contributed by atoms with Crippen molar-refractivity contribution >= 4 is 34.3 Å². The number of hydrogen-bond acceptors (Lipinski definition) is 4. The van der Waals surface area contributed by atoms with Gasteiger partial charge in [0.15, 0.2) is 5.78 Å².